The van der Waals surface area contributed by atoms with E-state index in [4.69, 9.17) is 16.3 Å². The zero-order chi connectivity index (χ0) is 17.8. The van der Waals surface area contributed by atoms with Crippen LogP contribution in [-0.4, -0.2) is 42.7 Å². The summed E-state index contributed by atoms with van der Waals surface area (Å²) < 4.78 is 5.71. The van der Waals surface area contributed by atoms with Gasteiger partial charge in [0.1, 0.15) is 25.3 Å². The Labute approximate surface area is 157 Å². The van der Waals surface area contributed by atoms with Gasteiger partial charge < -0.3 is 9.64 Å². The van der Waals surface area contributed by atoms with Crippen molar-refractivity contribution in [2.75, 3.05) is 25.0 Å². The van der Waals surface area contributed by atoms with Gasteiger partial charge in [-0.2, -0.15) is 0 Å². The fourth-order valence-electron chi connectivity index (χ4n) is 3.22. The highest BCUT2D eigenvalue weighted by Gasteiger charge is 2.27. The molecule has 7 heteroatoms. The molecule has 1 aliphatic heterocycles. The van der Waals surface area contributed by atoms with Crippen molar-refractivity contribution in [2.24, 2.45) is 0 Å². The minimum absolute atomic E-state index is 0.0000412. The van der Waals surface area contributed by atoms with E-state index in [0.29, 0.717) is 11.7 Å². The number of morpholine rings is 1. The first-order valence-electron chi connectivity index (χ1n) is 8.46. The maximum Gasteiger partial charge on any atom is 0.281 e. The summed E-state index contributed by atoms with van der Waals surface area (Å²) in [4.78, 5) is 18.9. The number of benzene rings is 1. The van der Waals surface area contributed by atoms with Crippen LogP contribution in [0, 0.1) is 0 Å². The Morgan fingerprint density at radius 3 is 2.88 bits per heavy atom. The van der Waals surface area contributed by atoms with Gasteiger partial charge in [-0.25, -0.2) is 4.98 Å². The number of quaternary nitrogens is 1. The molecule has 1 aromatic carbocycles. The van der Waals surface area contributed by atoms with E-state index in [1.54, 1.807) is 0 Å². The number of nitrogens with one attached hydrogen (secondary N) is 2. The molecular weight excluding hydrogens is 358 g/mol. The molecule has 1 fully saturated rings. The summed E-state index contributed by atoms with van der Waals surface area (Å²) in [6, 6.07) is 7.78. The van der Waals surface area contributed by atoms with Crippen LogP contribution in [0.15, 0.2) is 30.5 Å². The summed E-state index contributed by atoms with van der Waals surface area (Å²) in [5.74, 6) is -0.0000412. The second-order valence-corrected chi connectivity index (χ2v) is 8.13. The molecule has 1 saturated heterocycles. The fourth-order valence-corrected chi connectivity index (χ4v) is 4.29. The molecule has 1 aliphatic rings. The number of halogens is 1. The molecule has 0 aliphatic carbocycles. The van der Waals surface area contributed by atoms with Crippen molar-refractivity contribution in [1.82, 2.24) is 4.98 Å². The lowest BCUT2D eigenvalue weighted by Gasteiger charge is -2.31. The Kier molecular flexibility index (Phi) is 6.06. The average molecular weight is 381 g/mol. The Morgan fingerprint density at radius 2 is 2.16 bits per heavy atom. The molecule has 0 saturated carbocycles. The molecule has 3 rings (SSSR count). The van der Waals surface area contributed by atoms with E-state index in [1.165, 1.54) is 16.2 Å². The third-order valence-electron chi connectivity index (χ3n) is 4.09. The molecule has 0 unspecified atom stereocenters. The van der Waals surface area contributed by atoms with Gasteiger partial charge in [0, 0.05) is 22.5 Å². The van der Waals surface area contributed by atoms with Crippen molar-refractivity contribution >= 4 is 34.0 Å². The predicted molar refractivity (Wildman–Crippen MR) is 101 cm³/mol. The third-order valence-corrected chi connectivity index (χ3v) is 5.24. The topological polar surface area (TPSA) is 55.7 Å². The van der Waals surface area contributed by atoms with Crippen LogP contribution < -0.4 is 10.2 Å². The Morgan fingerprint density at radius 1 is 1.40 bits per heavy atom. The number of ether oxygens (including phenoxy) is 1. The van der Waals surface area contributed by atoms with E-state index < -0.39 is 0 Å². The summed E-state index contributed by atoms with van der Waals surface area (Å²) >= 11 is 7.52. The van der Waals surface area contributed by atoms with Crippen LogP contribution >= 0.6 is 22.9 Å². The van der Waals surface area contributed by atoms with Gasteiger partial charge >= 0.3 is 0 Å². The molecule has 1 amide bonds. The van der Waals surface area contributed by atoms with E-state index >= 15 is 0 Å². The van der Waals surface area contributed by atoms with E-state index in [1.807, 2.05) is 30.5 Å². The maximum atomic E-state index is 12.3. The summed E-state index contributed by atoms with van der Waals surface area (Å²) in [7, 11) is 0. The first-order valence-corrected chi connectivity index (χ1v) is 9.65. The second kappa shape index (κ2) is 8.27. The molecule has 2 N–H and O–H groups in total. The monoisotopic (exact) mass is 380 g/mol. The molecule has 1 aromatic heterocycles. The van der Waals surface area contributed by atoms with Crippen molar-refractivity contribution in [1.29, 1.82) is 0 Å². The Bertz CT molecular complexity index is 727. The highest BCUT2D eigenvalue weighted by atomic mass is 35.5. The van der Waals surface area contributed by atoms with Crippen LogP contribution in [0.3, 0.4) is 0 Å². The molecule has 2 heterocycles. The zero-order valence-electron chi connectivity index (χ0n) is 14.4. The van der Waals surface area contributed by atoms with Crippen molar-refractivity contribution in [3.05, 3.63) is 45.9 Å². The molecule has 25 heavy (non-hydrogen) atoms. The summed E-state index contributed by atoms with van der Waals surface area (Å²) in [6.07, 6.45) is 2.96. The predicted octanol–water partition coefficient (Wildman–Crippen LogP) is 2.02. The van der Waals surface area contributed by atoms with Gasteiger partial charge in [0.15, 0.2) is 11.7 Å². The van der Waals surface area contributed by atoms with E-state index in [9.17, 15) is 4.79 Å². The maximum absolute atomic E-state index is 12.3. The summed E-state index contributed by atoms with van der Waals surface area (Å²) in [5, 5.41) is 4.30. The fraction of sp³-hybridized carbons (Fsp3) is 0.444. The highest BCUT2D eigenvalue weighted by molar-refractivity contribution is 7.15. The lowest BCUT2D eigenvalue weighted by Crippen LogP contribution is -3.16. The standard InChI is InChI=1S/C18H22ClN3O2S/c1-12-9-22(10-13(2)24-12)11-17(23)21-18-20-8-16(25-18)7-14-4-3-5-15(19)6-14/h3-6,8,12-13H,7,9-11H2,1-2H3,(H,20,21,23)/p+1/t12-,13-/m1/s1. The minimum Gasteiger partial charge on any atom is -0.364 e. The number of hydrogen-bond acceptors (Lipinski definition) is 4. The quantitative estimate of drug-likeness (QED) is 0.834. The van der Waals surface area contributed by atoms with Crippen LogP contribution in [0.4, 0.5) is 5.13 Å². The van der Waals surface area contributed by atoms with Crippen LogP contribution in [-0.2, 0) is 16.0 Å². The molecule has 5 nitrogen and oxygen atoms in total. The van der Waals surface area contributed by atoms with E-state index in [2.05, 4.69) is 24.1 Å². The molecule has 2 aromatic rings. The average Bonchev–Trinajstić information content (AvgIpc) is 2.92. The second-order valence-electron chi connectivity index (χ2n) is 6.58. The van der Waals surface area contributed by atoms with Crippen molar-refractivity contribution < 1.29 is 14.4 Å². The lowest BCUT2D eigenvalue weighted by atomic mass is 10.1. The first kappa shape index (κ1) is 18.3. The van der Waals surface area contributed by atoms with Gasteiger partial charge in [-0.15, -0.1) is 11.3 Å². The molecule has 2 atom stereocenters. The van der Waals surface area contributed by atoms with Gasteiger partial charge in [0.2, 0.25) is 0 Å². The molecule has 0 radical (unpaired) electrons. The van der Waals surface area contributed by atoms with Crippen LogP contribution in [0.5, 0.6) is 0 Å². The number of anilines is 1. The highest BCUT2D eigenvalue weighted by Crippen LogP contribution is 2.22. The van der Waals surface area contributed by atoms with E-state index in [0.717, 1.165) is 35.0 Å². The minimum atomic E-state index is -0.0000412. The normalized spacial score (nSPS) is 23.4. The third kappa shape index (κ3) is 5.51. The number of carbonyl (C=O) groups excluding carboxylic acids is 1. The number of aromatic nitrogens is 1. The van der Waals surface area contributed by atoms with Gasteiger partial charge in [-0.3, -0.25) is 10.1 Å². The molecule has 0 spiro atoms. The van der Waals surface area contributed by atoms with Crippen molar-refractivity contribution in [3.63, 3.8) is 0 Å². The van der Waals surface area contributed by atoms with Crippen molar-refractivity contribution in [2.45, 2.75) is 32.5 Å². The van der Waals surface area contributed by atoms with Crippen LogP contribution in [0.25, 0.3) is 0 Å². The van der Waals surface area contributed by atoms with Gasteiger partial charge in [-0.05, 0) is 31.5 Å². The largest absolute Gasteiger partial charge is 0.364 e. The number of nitrogens with zero attached hydrogens (tertiary/aromatic N) is 1. The van der Waals surface area contributed by atoms with Gasteiger partial charge in [0.25, 0.3) is 5.91 Å². The molecule has 134 valence electrons. The van der Waals surface area contributed by atoms with Gasteiger partial charge in [0.05, 0.1) is 0 Å². The van der Waals surface area contributed by atoms with Crippen LogP contribution in [0.2, 0.25) is 5.02 Å². The number of carbonyl (C=O) groups is 1. The SMILES string of the molecule is C[C@@H]1C[NH+](CC(=O)Nc2ncc(Cc3cccc(Cl)c3)s2)C[C@@H](C)O1. The van der Waals surface area contributed by atoms with Crippen LogP contribution in [0.1, 0.15) is 24.3 Å². The van der Waals surface area contributed by atoms with E-state index in [-0.39, 0.29) is 18.1 Å². The van der Waals surface area contributed by atoms with Gasteiger partial charge in [-0.1, -0.05) is 23.7 Å². The smallest absolute Gasteiger partial charge is 0.281 e. The summed E-state index contributed by atoms with van der Waals surface area (Å²) in [6.45, 7) is 6.26. The zero-order valence-corrected chi connectivity index (χ0v) is 16.0. The summed E-state index contributed by atoms with van der Waals surface area (Å²) in [5.41, 5.74) is 1.13. The van der Waals surface area contributed by atoms with Crippen molar-refractivity contribution in [3.8, 4) is 0 Å². The number of thiazole rings is 1. The molecule has 0 bridgehead atoms. The lowest BCUT2D eigenvalue weighted by molar-refractivity contribution is -0.907. The number of amides is 1. The Balaban J connectivity index is 1.53. The Hall–Kier alpha value is -1.47. The number of rotatable bonds is 5. The first-order chi connectivity index (χ1) is 12.0. The number of hydrogen-bond donors (Lipinski definition) is 2. The molecular formula is C18H23ClN3O2S+.